The molecule has 4 aliphatic carbocycles. The lowest BCUT2D eigenvalue weighted by molar-refractivity contribution is -0.133. The summed E-state index contributed by atoms with van der Waals surface area (Å²) < 4.78 is 0. The fourth-order valence-corrected chi connectivity index (χ4v) is 8.10. The number of hydrogen-bond acceptors (Lipinski definition) is 2. The number of hydrogen-bond donors (Lipinski definition) is 1. The lowest BCUT2D eigenvalue weighted by Gasteiger charge is -2.57. The summed E-state index contributed by atoms with van der Waals surface area (Å²) >= 11 is 0. The molecule has 2 heteroatoms. The molecule has 0 aromatic rings. The summed E-state index contributed by atoms with van der Waals surface area (Å²) in [5.41, 5.74) is -0.128. The van der Waals surface area contributed by atoms with Gasteiger partial charge < -0.3 is 5.11 Å². The van der Waals surface area contributed by atoms with Crippen LogP contribution in [-0.4, -0.2) is 16.5 Å². The minimum absolute atomic E-state index is 0.285. The molecular weight excluding hydrogens is 308 g/mol. The molecule has 0 bridgehead atoms. The number of carbonyl (C=O) groups excluding carboxylic acids is 1. The second-order valence-electron chi connectivity index (χ2n) is 10.7. The maximum atomic E-state index is 12.2. The van der Waals surface area contributed by atoms with E-state index in [1.807, 2.05) is 6.92 Å². The molecule has 1 N–H and O–H groups in total. The summed E-state index contributed by atoms with van der Waals surface area (Å²) in [6, 6.07) is 0. The van der Waals surface area contributed by atoms with E-state index in [0.717, 1.165) is 48.9 Å². The van der Waals surface area contributed by atoms with Gasteiger partial charge in [-0.1, -0.05) is 20.8 Å². The van der Waals surface area contributed by atoms with Gasteiger partial charge in [0, 0.05) is 5.92 Å². The average molecular weight is 347 g/mol. The Labute approximate surface area is 154 Å². The summed E-state index contributed by atoms with van der Waals surface area (Å²) in [7, 11) is 0. The molecule has 0 aliphatic heterocycles. The molecular formula is C23H38O2. The van der Waals surface area contributed by atoms with Crippen LogP contribution in [0.4, 0.5) is 0 Å². The van der Waals surface area contributed by atoms with Crippen LogP contribution < -0.4 is 0 Å². The predicted octanol–water partition coefficient (Wildman–Crippen LogP) is 5.23. The van der Waals surface area contributed by atoms with Gasteiger partial charge >= 0.3 is 0 Å². The molecule has 8 unspecified atom stereocenters. The van der Waals surface area contributed by atoms with Crippen LogP contribution >= 0.6 is 0 Å². The van der Waals surface area contributed by atoms with Crippen molar-refractivity contribution in [2.24, 2.45) is 46.8 Å². The molecule has 2 nitrogen and oxygen atoms in total. The Morgan fingerprint density at radius 3 is 2.36 bits per heavy atom. The Hall–Kier alpha value is -0.370. The van der Waals surface area contributed by atoms with Gasteiger partial charge in [-0.25, -0.2) is 0 Å². The van der Waals surface area contributed by atoms with E-state index in [1.54, 1.807) is 0 Å². The fraction of sp³-hybridized carbons (Fsp3) is 0.957. The van der Waals surface area contributed by atoms with E-state index in [2.05, 4.69) is 20.8 Å². The van der Waals surface area contributed by atoms with E-state index >= 15 is 0 Å². The van der Waals surface area contributed by atoms with Crippen molar-refractivity contribution in [3.05, 3.63) is 0 Å². The summed E-state index contributed by atoms with van der Waals surface area (Å²) in [5.74, 6) is 5.26. The van der Waals surface area contributed by atoms with Crippen molar-refractivity contribution in [2.45, 2.75) is 91.1 Å². The zero-order valence-electron chi connectivity index (χ0n) is 16.8. The van der Waals surface area contributed by atoms with Crippen molar-refractivity contribution in [1.29, 1.82) is 0 Å². The maximum Gasteiger partial charge on any atom is 0.133 e. The van der Waals surface area contributed by atoms with Crippen LogP contribution in [0.1, 0.15) is 85.5 Å². The molecule has 4 saturated carbocycles. The van der Waals surface area contributed by atoms with Gasteiger partial charge in [0.25, 0.3) is 0 Å². The van der Waals surface area contributed by atoms with Crippen LogP contribution in [0.5, 0.6) is 0 Å². The van der Waals surface area contributed by atoms with E-state index in [9.17, 15) is 9.90 Å². The van der Waals surface area contributed by atoms with Crippen molar-refractivity contribution in [3.63, 3.8) is 0 Å². The zero-order valence-corrected chi connectivity index (χ0v) is 16.8. The van der Waals surface area contributed by atoms with Crippen molar-refractivity contribution in [3.8, 4) is 0 Å². The zero-order chi connectivity index (χ0) is 18.0. The molecule has 4 rings (SSSR count). The molecule has 142 valence electrons. The molecule has 4 fully saturated rings. The Morgan fingerprint density at radius 1 is 0.960 bits per heavy atom. The standard InChI is InChI=1S/C23H38O2/c1-14(2)23(25)12-10-17-16(13-23)5-6-19-18(17)9-11-22(4)20(15(3)24)7-8-21(19)22/h14,16-21,25H,5-13H2,1-4H3. The molecule has 0 heterocycles. The van der Waals surface area contributed by atoms with E-state index in [-0.39, 0.29) is 5.41 Å². The Bertz CT molecular complexity index is 540. The number of carbonyl (C=O) groups is 1. The number of fused-ring (bicyclic) bond motifs is 5. The van der Waals surface area contributed by atoms with E-state index < -0.39 is 5.60 Å². The molecule has 0 amide bonds. The third kappa shape index (κ3) is 2.65. The third-order valence-corrected chi connectivity index (χ3v) is 9.61. The summed E-state index contributed by atoms with van der Waals surface area (Å²) in [5, 5.41) is 11.0. The molecule has 0 saturated heterocycles. The molecule has 0 aromatic carbocycles. The van der Waals surface area contributed by atoms with Crippen LogP contribution in [-0.2, 0) is 4.79 Å². The maximum absolute atomic E-state index is 12.2. The summed E-state index contributed by atoms with van der Waals surface area (Å²) in [6.45, 7) is 8.66. The van der Waals surface area contributed by atoms with Gasteiger partial charge in [0.1, 0.15) is 5.78 Å². The van der Waals surface area contributed by atoms with Gasteiger partial charge in [0.15, 0.2) is 0 Å². The van der Waals surface area contributed by atoms with E-state index in [1.165, 1.54) is 38.5 Å². The van der Waals surface area contributed by atoms with Gasteiger partial charge in [-0.15, -0.1) is 0 Å². The van der Waals surface area contributed by atoms with Gasteiger partial charge in [-0.3, -0.25) is 4.79 Å². The summed E-state index contributed by atoms with van der Waals surface area (Å²) in [4.78, 5) is 12.2. The highest BCUT2D eigenvalue weighted by atomic mass is 16.3. The highest BCUT2D eigenvalue weighted by Crippen LogP contribution is 2.64. The SMILES string of the molecule is CC(=O)C1CCC2C3CCC4CC(O)(C(C)C)CCC4C3CCC12C. The van der Waals surface area contributed by atoms with Crippen molar-refractivity contribution >= 4 is 5.78 Å². The lowest BCUT2D eigenvalue weighted by atomic mass is 9.48. The predicted molar refractivity (Wildman–Crippen MR) is 101 cm³/mol. The number of aliphatic hydroxyl groups is 1. The van der Waals surface area contributed by atoms with Crippen molar-refractivity contribution in [1.82, 2.24) is 0 Å². The first-order valence-electron chi connectivity index (χ1n) is 11.0. The minimum atomic E-state index is -0.412. The Kier molecular flexibility index (Phi) is 4.38. The first-order chi connectivity index (χ1) is 11.8. The Balaban J connectivity index is 1.53. The van der Waals surface area contributed by atoms with Gasteiger partial charge in [-0.05, 0) is 106 Å². The molecule has 8 atom stereocenters. The quantitative estimate of drug-likeness (QED) is 0.743. The number of ketones is 1. The monoisotopic (exact) mass is 346 g/mol. The van der Waals surface area contributed by atoms with Gasteiger partial charge in [-0.2, -0.15) is 0 Å². The first kappa shape index (κ1) is 18.0. The minimum Gasteiger partial charge on any atom is -0.390 e. The topological polar surface area (TPSA) is 37.3 Å². The van der Waals surface area contributed by atoms with Crippen LogP contribution in [0.3, 0.4) is 0 Å². The third-order valence-electron chi connectivity index (χ3n) is 9.61. The highest BCUT2D eigenvalue weighted by molar-refractivity contribution is 5.79. The molecule has 25 heavy (non-hydrogen) atoms. The fourth-order valence-electron chi connectivity index (χ4n) is 8.10. The van der Waals surface area contributed by atoms with Gasteiger partial charge in [0.05, 0.1) is 5.60 Å². The lowest BCUT2D eigenvalue weighted by Crippen LogP contribution is -2.52. The van der Waals surface area contributed by atoms with Crippen LogP contribution in [0.25, 0.3) is 0 Å². The largest absolute Gasteiger partial charge is 0.390 e. The normalized spacial score (nSPS) is 52.4. The van der Waals surface area contributed by atoms with Gasteiger partial charge in [0.2, 0.25) is 0 Å². The molecule has 0 aromatic heterocycles. The number of rotatable bonds is 2. The smallest absolute Gasteiger partial charge is 0.133 e. The van der Waals surface area contributed by atoms with Crippen LogP contribution in [0.15, 0.2) is 0 Å². The second kappa shape index (κ2) is 6.08. The van der Waals surface area contributed by atoms with Crippen molar-refractivity contribution < 1.29 is 9.90 Å². The van der Waals surface area contributed by atoms with E-state index in [4.69, 9.17) is 0 Å². The molecule has 0 spiro atoms. The average Bonchev–Trinajstić information content (AvgIpc) is 2.91. The van der Waals surface area contributed by atoms with E-state index in [0.29, 0.717) is 17.6 Å². The van der Waals surface area contributed by atoms with Crippen LogP contribution in [0, 0.1) is 46.8 Å². The highest BCUT2D eigenvalue weighted by Gasteiger charge is 2.58. The second-order valence-corrected chi connectivity index (χ2v) is 10.7. The Morgan fingerprint density at radius 2 is 1.68 bits per heavy atom. The molecule has 0 radical (unpaired) electrons. The van der Waals surface area contributed by atoms with Crippen molar-refractivity contribution in [2.75, 3.05) is 0 Å². The summed E-state index contributed by atoms with van der Waals surface area (Å²) in [6.07, 6.45) is 11.0. The molecule has 4 aliphatic rings. The van der Waals surface area contributed by atoms with Crippen LogP contribution in [0.2, 0.25) is 0 Å². The first-order valence-corrected chi connectivity index (χ1v) is 11.0. The number of Topliss-reactive ketones (excluding diaryl/α,β-unsaturated/α-hetero) is 1.